The first-order valence-corrected chi connectivity index (χ1v) is 7.18. The van der Waals surface area contributed by atoms with Crippen LogP contribution in [0.2, 0.25) is 0 Å². The molecule has 0 saturated heterocycles. The van der Waals surface area contributed by atoms with E-state index in [0.29, 0.717) is 24.5 Å². The van der Waals surface area contributed by atoms with Crippen molar-refractivity contribution in [3.05, 3.63) is 30.2 Å². The predicted octanol–water partition coefficient (Wildman–Crippen LogP) is 2.67. The highest BCUT2D eigenvalue weighted by Gasteiger charge is 2.26. The average molecular weight is 290 g/mol. The number of carboxylic acid groups (broad SMARTS) is 1. The molecule has 1 aliphatic carbocycles. The molecule has 112 valence electrons. The molecule has 2 unspecified atom stereocenters. The molecule has 0 bridgehead atoms. The topological polar surface area (TPSA) is 88.5 Å². The highest BCUT2D eigenvalue weighted by atomic mass is 16.5. The summed E-state index contributed by atoms with van der Waals surface area (Å²) in [5.41, 5.74) is 0.791. The van der Waals surface area contributed by atoms with Gasteiger partial charge in [0.05, 0.1) is 17.9 Å². The fourth-order valence-electron chi connectivity index (χ4n) is 2.78. The van der Waals surface area contributed by atoms with Crippen LogP contribution >= 0.6 is 0 Å². The summed E-state index contributed by atoms with van der Waals surface area (Å²) < 4.78 is 10.5. The zero-order chi connectivity index (χ0) is 14.7. The molecule has 2 aromatic heterocycles. The standard InChI is InChI=1S/C15H18N2O4/c18-15(19)10-3-1-4-11(7-10)16-9-12-8-14(21-17-12)13-5-2-6-20-13/h2,5-6,8,10-11,16H,1,3-4,7,9H2,(H,18,19). The lowest BCUT2D eigenvalue weighted by Crippen LogP contribution is -2.36. The van der Waals surface area contributed by atoms with E-state index in [-0.39, 0.29) is 12.0 Å². The first-order chi connectivity index (χ1) is 10.2. The Hall–Kier alpha value is -2.08. The Bertz CT molecular complexity index is 591. The molecule has 1 saturated carbocycles. The molecule has 0 spiro atoms. The van der Waals surface area contributed by atoms with Crippen LogP contribution in [0.15, 0.2) is 33.4 Å². The molecular weight excluding hydrogens is 272 g/mol. The highest BCUT2D eigenvalue weighted by molar-refractivity contribution is 5.70. The summed E-state index contributed by atoms with van der Waals surface area (Å²) in [6, 6.07) is 5.67. The molecule has 0 aliphatic heterocycles. The maximum absolute atomic E-state index is 11.0. The number of nitrogens with one attached hydrogen (secondary N) is 1. The maximum atomic E-state index is 11.0. The zero-order valence-electron chi connectivity index (χ0n) is 11.6. The molecule has 2 heterocycles. The van der Waals surface area contributed by atoms with Crippen molar-refractivity contribution in [3.63, 3.8) is 0 Å². The second-order valence-electron chi connectivity index (χ2n) is 5.44. The van der Waals surface area contributed by atoms with Gasteiger partial charge in [-0.3, -0.25) is 4.79 Å². The molecule has 2 atom stereocenters. The molecule has 1 fully saturated rings. The molecule has 6 heteroatoms. The van der Waals surface area contributed by atoms with Crippen LogP contribution in [0.5, 0.6) is 0 Å². The number of hydrogen-bond donors (Lipinski definition) is 2. The van der Waals surface area contributed by atoms with E-state index < -0.39 is 5.97 Å². The summed E-state index contributed by atoms with van der Waals surface area (Å²) >= 11 is 0. The van der Waals surface area contributed by atoms with E-state index >= 15 is 0 Å². The molecular formula is C15H18N2O4. The number of furan rings is 1. The normalized spacial score (nSPS) is 22.3. The molecule has 0 radical (unpaired) electrons. The van der Waals surface area contributed by atoms with Crippen molar-refractivity contribution in [1.29, 1.82) is 0 Å². The van der Waals surface area contributed by atoms with Gasteiger partial charge in [-0.05, 0) is 31.4 Å². The molecule has 3 rings (SSSR count). The van der Waals surface area contributed by atoms with Crippen molar-refractivity contribution < 1.29 is 18.8 Å². The minimum absolute atomic E-state index is 0.226. The Morgan fingerprint density at radius 2 is 2.33 bits per heavy atom. The van der Waals surface area contributed by atoms with Gasteiger partial charge in [0.2, 0.25) is 5.76 Å². The monoisotopic (exact) mass is 290 g/mol. The van der Waals surface area contributed by atoms with Crippen molar-refractivity contribution in [2.24, 2.45) is 5.92 Å². The summed E-state index contributed by atoms with van der Waals surface area (Å²) in [6.07, 6.45) is 5.00. The van der Waals surface area contributed by atoms with Crippen LogP contribution in [0, 0.1) is 5.92 Å². The number of nitrogens with zero attached hydrogens (tertiary/aromatic N) is 1. The van der Waals surface area contributed by atoms with Crippen LogP contribution in [-0.4, -0.2) is 22.3 Å². The van der Waals surface area contributed by atoms with E-state index in [4.69, 9.17) is 14.0 Å². The van der Waals surface area contributed by atoms with E-state index in [9.17, 15) is 4.79 Å². The van der Waals surface area contributed by atoms with Crippen LogP contribution in [0.3, 0.4) is 0 Å². The van der Waals surface area contributed by atoms with Gasteiger partial charge in [0.15, 0.2) is 5.76 Å². The van der Waals surface area contributed by atoms with E-state index in [2.05, 4.69) is 10.5 Å². The van der Waals surface area contributed by atoms with Gasteiger partial charge in [0, 0.05) is 18.7 Å². The van der Waals surface area contributed by atoms with Gasteiger partial charge in [0.1, 0.15) is 0 Å². The SMILES string of the molecule is O=C(O)C1CCCC(NCc2cc(-c3ccco3)on2)C1. The van der Waals surface area contributed by atoms with Gasteiger partial charge in [-0.25, -0.2) is 0 Å². The predicted molar refractivity (Wildman–Crippen MR) is 74.4 cm³/mol. The summed E-state index contributed by atoms with van der Waals surface area (Å²) in [5, 5.41) is 16.4. The zero-order valence-corrected chi connectivity index (χ0v) is 11.6. The molecule has 1 aliphatic rings. The summed E-state index contributed by atoms with van der Waals surface area (Å²) in [7, 11) is 0. The fraction of sp³-hybridized carbons (Fsp3) is 0.467. The van der Waals surface area contributed by atoms with Crippen LogP contribution < -0.4 is 5.32 Å². The molecule has 0 amide bonds. The largest absolute Gasteiger partial charge is 0.481 e. The molecule has 6 nitrogen and oxygen atoms in total. The van der Waals surface area contributed by atoms with Gasteiger partial charge < -0.3 is 19.4 Å². The maximum Gasteiger partial charge on any atom is 0.306 e. The van der Waals surface area contributed by atoms with E-state index in [1.54, 1.807) is 12.3 Å². The third-order valence-corrected chi connectivity index (χ3v) is 3.92. The van der Waals surface area contributed by atoms with Crippen molar-refractivity contribution in [2.45, 2.75) is 38.3 Å². The number of aliphatic carboxylic acids is 1. The number of carboxylic acids is 1. The molecule has 0 aromatic carbocycles. The van der Waals surface area contributed by atoms with Crippen molar-refractivity contribution in [3.8, 4) is 11.5 Å². The van der Waals surface area contributed by atoms with Gasteiger partial charge in [0.25, 0.3) is 0 Å². The lowest BCUT2D eigenvalue weighted by Gasteiger charge is -2.27. The average Bonchev–Trinajstić information content (AvgIpc) is 3.16. The van der Waals surface area contributed by atoms with Crippen LogP contribution in [0.1, 0.15) is 31.4 Å². The van der Waals surface area contributed by atoms with Crippen LogP contribution in [0.25, 0.3) is 11.5 Å². The van der Waals surface area contributed by atoms with Crippen LogP contribution in [0.4, 0.5) is 0 Å². The Morgan fingerprint density at radius 3 is 3.10 bits per heavy atom. The highest BCUT2D eigenvalue weighted by Crippen LogP contribution is 2.25. The molecule has 21 heavy (non-hydrogen) atoms. The van der Waals surface area contributed by atoms with E-state index in [1.807, 2.05) is 12.1 Å². The number of rotatable bonds is 5. The van der Waals surface area contributed by atoms with Crippen molar-refractivity contribution in [1.82, 2.24) is 10.5 Å². The van der Waals surface area contributed by atoms with Crippen molar-refractivity contribution >= 4 is 5.97 Å². The Kier molecular flexibility index (Phi) is 4.06. The van der Waals surface area contributed by atoms with Crippen molar-refractivity contribution in [2.75, 3.05) is 0 Å². The Labute approximate surface area is 122 Å². The van der Waals surface area contributed by atoms with Gasteiger partial charge >= 0.3 is 5.97 Å². The summed E-state index contributed by atoms with van der Waals surface area (Å²) in [6.45, 7) is 0.571. The van der Waals surface area contributed by atoms with E-state index in [1.165, 1.54) is 0 Å². The number of carbonyl (C=O) groups is 1. The quantitative estimate of drug-likeness (QED) is 0.880. The fourth-order valence-corrected chi connectivity index (χ4v) is 2.78. The second-order valence-corrected chi connectivity index (χ2v) is 5.44. The van der Waals surface area contributed by atoms with E-state index in [0.717, 1.165) is 25.0 Å². The summed E-state index contributed by atoms with van der Waals surface area (Å²) in [5.74, 6) is 0.330. The van der Waals surface area contributed by atoms with Gasteiger partial charge in [-0.1, -0.05) is 11.6 Å². The minimum Gasteiger partial charge on any atom is -0.481 e. The lowest BCUT2D eigenvalue weighted by atomic mass is 9.86. The third-order valence-electron chi connectivity index (χ3n) is 3.92. The first kappa shape index (κ1) is 13.9. The Morgan fingerprint density at radius 1 is 1.43 bits per heavy atom. The smallest absolute Gasteiger partial charge is 0.306 e. The van der Waals surface area contributed by atoms with Gasteiger partial charge in [-0.2, -0.15) is 0 Å². The van der Waals surface area contributed by atoms with Gasteiger partial charge in [-0.15, -0.1) is 0 Å². The molecule has 2 aromatic rings. The minimum atomic E-state index is -0.692. The van der Waals surface area contributed by atoms with Crippen LogP contribution in [-0.2, 0) is 11.3 Å². The number of aromatic nitrogens is 1. The number of hydrogen-bond acceptors (Lipinski definition) is 5. The third kappa shape index (κ3) is 3.33. The first-order valence-electron chi connectivity index (χ1n) is 7.18. The summed E-state index contributed by atoms with van der Waals surface area (Å²) in [4.78, 5) is 11.0. The Balaban J connectivity index is 1.54. The second kappa shape index (κ2) is 6.13. The lowest BCUT2D eigenvalue weighted by molar-refractivity contribution is -0.143. The molecule has 2 N–H and O–H groups in total.